The van der Waals surface area contributed by atoms with E-state index in [4.69, 9.17) is 0 Å². The Hall–Kier alpha value is -2.66. The Morgan fingerprint density at radius 2 is 1.87 bits per heavy atom. The molecule has 0 radical (unpaired) electrons. The Kier molecular flexibility index (Phi) is 4.89. The molecule has 0 aliphatic carbocycles. The first-order chi connectivity index (χ1) is 14.8. The van der Waals surface area contributed by atoms with E-state index in [1.807, 2.05) is 4.40 Å². The molecule has 0 saturated carbocycles. The van der Waals surface area contributed by atoms with Gasteiger partial charge in [0.05, 0.1) is 5.69 Å². The van der Waals surface area contributed by atoms with Crippen molar-refractivity contribution in [3.8, 4) is 11.3 Å². The number of benzene rings is 1. The number of aryl methyl sites for hydroxylation is 1. The van der Waals surface area contributed by atoms with Gasteiger partial charge in [0.15, 0.2) is 5.65 Å². The van der Waals surface area contributed by atoms with Crippen molar-refractivity contribution in [1.82, 2.24) is 24.5 Å². The van der Waals surface area contributed by atoms with E-state index in [2.05, 4.69) is 86.0 Å². The van der Waals surface area contributed by atoms with E-state index in [1.165, 1.54) is 64.0 Å². The van der Waals surface area contributed by atoms with Crippen LogP contribution in [0.1, 0.15) is 61.8 Å². The number of hydrogen-bond acceptors (Lipinski definition) is 3. The number of hydrogen-bond donors (Lipinski definition) is 1. The van der Waals surface area contributed by atoms with Crippen LogP contribution in [0, 0.1) is 19.8 Å². The summed E-state index contributed by atoms with van der Waals surface area (Å²) in [6.45, 7) is 17.1. The minimum absolute atomic E-state index is 0.425. The molecule has 4 aromatic rings. The molecule has 5 nitrogen and oxygen atoms in total. The van der Waals surface area contributed by atoms with Gasteiger partial charge >= 0.3 is 0 Å². The van der Waals surface area contributed by atoms with Crippen LogP contribution in [0.5, 0.6) is 0 Å². The molecular weight excluding hydrogens is 382 g/mol. The van der Waals surface area contributed by atoms with E-state index in [-0.39, 0.29) is 0 Å². The van der Waals surface area contributed by atoms with Crippen LogP contribution in [-0.2, 0) is 0 Å². The second kappa shape index (κ2) is 7.49. The average molecular weight is 416 g/mol. The molecule has 0 atom stereocenters. The number of aromatic nitrogens is 4. The molecule has 1 aromatic carbocycles. The molecule has 1 aliphatic rings. The van der Waals surface area contributed by atoms with Crippen molar-refractivity contribution < 1.29 is 0 Å². The van der Waals surface area contributed by atoms with Crippen molar-refractivity contribution in [2.75, 3.05) is 19.6 Å². The van der Waals surface area contributed by atoms with Crippen LogP contribution >= 0.6 is 0 Å². The highest BCUT2D eigenvalue weighted by atomic mass is 15.2. The normalized spacial score (nSPS) is 15.6. The zero-order valence-electron chi connectivity index (χ0n) is 19.5. The standard InChI is InChI=1S/C26H33N5/c1-15(2)10-30-11-20(12-30)19-7-8-23-21(9-19)24(16(3)4)25(28-23)22-13-31-14-27-29-26(31)18(6)17(22)5/h7-9,13-16,20,28H,10-12H2,1-6H3. The first-order valence-corrected chi connectivity index (χ1v) is 11.5. The molecule has 5 rings (SSSR count). The lowest BCUT2D eigenvalue weighted by Gasteiger charge is -2.40. The predicted molar refractivity (Wildman–Crippen MR) is 128 cm³/mol. The summed E-state index contributed by atoms with van der Waals surface area (Å²) >= 11 is 0. The van der Waals surface area contributed by atoms with Gasteiger partial charge in [0.25, 0.3) is 0 Å². The quantitative estimate of drug-likeness (QED) is 0.457. The smallest absolute Gasteiger partial charge is 0.163 e. The number of pyridine rings is 1. The molecule has 0 bridgehead atoms. The van der Waals surface area contributed by atoms with E-state index in [0.717, 1.165) is 11.6 Å². The van der Waals surface area contributed by atoms with Gasteiger partial charge in [-0.2, -0.15) is 0 Å². The van der Waals surface area contributed by atoms with Crippen molar-refractivity contribution >= 4 is 16.6 Å². The average Bonchev–Trinajstić information content (AvgIpc) is 3.30. The number of aromatic amines is 1. The van der Waals surface area contributed by atoms with Crippen molar-refractivity contribution in [1.29, 1.82) is 0 Å². The van der Waals surface area contributed by atoms with Gasteiger partial charge in [-0.3, -0.25) is 4.40 Å². The maximum atomic E-state index is 4.28. The van der Waals surface area contributed by atoms with Gasteiger partial charge in [0.1, 0.15) is 6.33 Å². The van der Waals surface area contributed by atoms with Crippen molar-refractivity contribution in [2.24, 2.45) is 5.92 Å². The Labute approximate surface area is 184 Å². The highest BCUT2D eigenvalue weighted by Gasteiger charge is 2.29. The zero-order valence-corrected chi connectivity index (χ0v) is 19.5. The molecule has 0 unspecified atom stereocenters. The number of fused-ring (bicyclic) bond motifs is 2. The third kappa shape index (κ3) is 3.35. The molecule has 4 heterocycles. The monoisotopic (exact) mass is 415 g/mol. The summed E-state index contributed by atoms with van der Waals surface area (Å²) in [5.74, 6) is 1.81. The van der Waals surface area contributed by atoms with Crippen LogP contribution in [0.25, 0.3) is 27.8 Å². The summed E-state index contributed by atoms with van der Waals surface area (Å²) in [7, 11) is 0. The van der Waals surface area contributed by atoms with Crippen molar-refractivity contribution in [3.05, 3.63) is 53.0 Å². The second-order valence-electron chi connectivity index (χ2n) is 10.0. The highest BCUT2D eigenvalue weighted by molar-refractivity contribution is 5.92. The molecule has 1 fully saturated rings. The third-order valence-corrected chi connectivity index (χ3v) is 6.90. The van der Waals surface area contributed by atoms with Crippen LogP contribution in [0.4, 0.5) is 0 Å². The largest absolute Gasteiger partial charge is 0.354 e. The van der Waals surface area contributed by atoms with Crippen molar-refractivity contribution in [3.63, 3.8) is 0 Å². The maximum Gasteiger partial charge on any atom is 0.163 e. The lowest BCUT2D eigenvalue weighted by atomic mass is 9.88. The first kappa shape index (κ1) is 20.3. The number of rotatable bonds is 5. The van der Waals surface area contributed by atoms with Crippen LogP contribution in [0.15, 0.2) is 30.7 Å². The van der Waals surface area contributed by atoms with Crippen LogP contribution in [0.2, 0.25) is 0 Å². The fourth-order valence-electron chi connectivity index (χ4n) is 5.21. The number of nitrogens with one attached hydrogen (secondary N) is 1. The molecule has 1 aliphatic heterocycles. The van der Waals surface area contributed by atoms with E-state index in [1.54, 1.807) is 6.33 Å². The van der Waals surface area contributed by atoms with Gasteiger partial charge in [-0.05, 0) is 60.1 Å². The summed E-state index contributed by atoms with van der Waals surface area (Å²) in [4.78, 5) is 6.33. The number of nitrogens with zero attached hydrogens (tertiary/aromatic N) is 4. The van der Waals surface area contributed by atoms with Gasteiger partial charge in [-0.25, -0.2) is 0 Å². The van der Waals surface area contributed by atoms with Gasteiger partial charge < -0.3 is 9.88 Å². The van der Waals surface area contributed by atoms with Crippen LogP contribution in [-0.4, -0.2) is 44.1 Å². The third-order valence-electron chi connectivity index (χ3n) is 6.90. The minimum atomic E-state index is 0.425. The molecule has 3 aromatic heterocycles. The predicted octanol–water partition coefficient (Wildman–Crippen LogP) is 5.67. The molecule has 0 amide bonds. The van der Waals surface area contributed by atoms with E-state index in [0.29, 0.717) is 11.8 Å². The van der Waals surface area contributed by atoms with Gasteiger partial charge in [-0.15, -0.1) is 10.2 Å². The summed E-state index contributed by atoms with van der Waals surface area (Å²) in [6.07, 6.45) is 3.96. The Morgan fingerprint density at radius 1 is 1.10 bits per heavy atom. The Bertz CT molecular complexity index is 1250. The molecular formula is C26H33N5. The second-order valence-corrected chi connectivity index (χ2v) is 10.0. The summed E-state index contributed by atoms with van der Waals surface area (Å²) in [5.41, 5.74) is 9.95. The lowest BCUT2D eigenvalue weighted by molar-refractivity contribution is 0.131. The fraction of sp³-hybridized carbons (Fsp3) is 0.462. The van der Waals surface area contributed by atoms with E-state index < -0.39 is 0 Å². The molecule has 1 N–H and O–H groups in total. The first-order valence-electron chi connectivity index (χ1n) is 11.5. The Balaban J connectivity index is 1.59. The van der Waals surface area contributed by atoms with Gasteiger partial charge in [-0.1, -0.05) is 33.8 Å². The molecule has 0 spiro atoms. The lowest BCUT2D eigenvalue weighted by Crippen LogP contribution is -2.46. The number of likely N-dealkylation sites (tertiary alicyclic amines) is 1. The summed E-state index contributed by atoms with van der Waals surface area (Å²) in [5, 5.41) is 9.76. The highest BCUT2D eigenvalue weighted by Crippen LogP contribution is 2.39. The summed E-state index contributed by atoms with van der Waals surface area (Å²) < 4.78 is 2.04. The van der Waals surface area contributed by atoms with E-state index in [9.17, 15) is 0 Å². The van der Waals surface area contributed by atoms with Gasteiger partial charge in [0, 0.05) is 48.2 Å². The molecule has 162 valence electrons. The molecule has 1 saturated heterocycles. The molecule has 5 heteroatoms. The van der Waals surface area contributed by atoms with E-state index >= 15 is 0 Å². The fourth-order valence-corrected chi connectivity index (χ4v) is 5.21. The van der Waals surface area contributed by atoms with Gasteiger partial charge in [0.2, 0.25) is 0 Å². The maximum absolute atomic E-state index is 4.28. The summed E-state index contributed by atoms with van der Waals surface area (Å²) in [6, 6.07) is 7.05. The molecule has 31 heavy (non-hydrogen) atoms. The van der Waals surface area contributed by atoms with Crippen molar-refractivity contribution in [2.45, 2.75) is 53.4 Å². The zero-order chi connectivity index (χ0) is 21.9. The van der Waals surface area contributed by atoms with Crippen LogP contribution in [0.3, 0.4) is 0 Å². The topological polar surface area (TPSA) is 49.2 Å². The number of H-pyrrole nitrogens is 1. The van der Waals surface area contributed by atoms with Crippen LogP contribution < -0.4 is 0 Å². The minimum Gasteiger partial charge on any atom is -0.354 e. The Morgan fingerprint density at radius 3 is 2.58 bits per heavy atom. The SMILES string of the molecule is Cc1c(-c2[nH]c3ccc(C4CN(CC(C)C)C4)cc3c2C(C)C)cn2cnnc2c1C.